The third-order valence-electron chi connectivity index (χ3n) is 4.08. The van der Waals surface area contributed by atoms with Gasteiger partial charge in [0.2, 0.25) is 5.28 Å². The van der Waals surface area contributed by atoms with Crippen molar-refractivity contribution < 1.29 is 10.2 Å². The molecule has 0 saturated carbocycles. The number of likely N-dealkylation sites (tertiary alicyclic amines) is 1. The summed E-state index contributed by atoms with van der Waals surface area (Å²) in [6.45, 7) is 5.20. The predicted molar refractivity (Wildman–Crippen MR) is 84.1 cm³/mol. The van der Waals surface area contributed by atoms with Gasteiger partial charge in [-0.2, -0.15) is 4.98 Å². The van der Waals surface area contributed by atoms with E-state index < -0.39 is 12.2 Å². The molecule has 0 aliphatic carbocycles. The molecule has 1 aliphatic heterocycles. The lowest BCUT2D eigenvalue weighted by Gasteiger charge is -2.41. The van der Waals surface area contributed by atoms with Crippen molar-refractivity contribution in [2.45, 2.75) is 38.1 Å². The molecule has 0 radical (unpaired) electrons. The normalized spacial score (nSPS) is 26.7. The summed E-state index contributed by atoms with van der Waals surface area (Å²) in [7, 11) is 0. The fourth-order valence-electron chi connectivity index (χ4n) is 2.79. The molecule has 1 aliphatic rings. The highest BCUT2D eigenvalue weighted by Gasteiger charge is 2.36. The number of hydrogen-bond donors (Lipinski definition) is 3. The largest absolute Gasteiger partial charge is 0.389 e. The van der Waals surface area contributed by atoms with Gasteiger partial charge in [-0.15, -0.1) is 5.10 Å². The van der Waals surface area contributed by atoms with Crippen LogP contribution in [0.5, 0.6) is 0 Å². The Morgan fingerprint density at radius 2 is 2.14 bits per heavy atom. The molecule has 2 aromatic heterocycles. The van der Waals surface area contributed by atoms with Crippen molar-refractivity contribution in [1.29, 1.82) is 0 Å². The standard InChI is InChI=1S/C14H20ClN5O2/c1-8(2)19-6-9(12(22)11(21)7-19)16-13-10-4-3-5-20(10)18-14(15)17-13/h3-5,8-9,11-12,21-22H,6-7H2,1-2H3,(H,16,17,18)/t9-,11?,12?/m0/s1. The van der Waals surface area contributed by atoms with Crippen LogP contribution < -0.4 is 5.32 Å². The average molecular weight is 326 g/mol. The van der Waals surface area contributed by atoms with Crippen molar-refractivity contribution in [1.82, 2.24) is 19.5 Å². The first kappa shape index (κ1) is 15.5. The van der Waals surface area contributed by atoms with Crippen molar-refractivity contribution in [2.24, 2.45) is 0 Å². The second kappa shape index (κ2) is 6.00. The smallest absolute Gasteiger partial charge is 0.243 e. The van der Waals surface area contributed by atoms with E-state index in [0.717, 1.165) is 5.52 Å². The number of halogens is 1. The van der Waals surface area contributed by atoms with Crippen LogP contribution in [0.3, 0.4) is 0 Å². The minimum atomic E-state index is -0.862. The Morgan fingerprint density at radius 1 is 1.36 bits per heavy atom. The minimum absolute atomic E-state index is 0.123. The van der Waals surface area contributed by atoms with Crippen molar-refractivity contribution in [3.63, 3.8) is 0 Å². The SMILES string of the molecule is CC(C)N1CC(O)C(O)[C@@H](Nc2nc(Cl)nn3cccc23)C1. The van der Waals surface area contributed by atoms with E-state index in [1.54, 1.807) is 10.7 Å². The van der Waals surface area contributed by atoms with Gasteiger partial charge >= 0.3 is 0 Å². The zero-order valence-corrected chi connectivity index (χ0v) is 13.3. The molecule has 0 spiro atoms. The number of β-amino-alcohol motifs (C(OH)–C–C–N with tert-alkyl or cyclic N) is 1. The maximum atomic E-state index is 10.3. The quantitative estimate of drug-likeness (QED) is 0.766. The topological polar surface area (TPSA) is 85.9 Å². The molecule has 120 valence electrons. The molecule has 3 heterocycles. The van der Waals surface area contributed by atoms with Gasteiger partial charge in [-0.1, -0.05) is 0 Å². The predicted octanol–water partition coefficient (Wildman–Crippen LogP) is 0.609. The molecule has 0 amide bonds. The van der Waals surface area contributed by atoms with E-state index >= 15 is 0 Å². The van der Waals surface area contributed by atoms with Gasteiger partial charge in [0.05, 0.1) is 12.1 Å². The van der Waals surface area contributed by atoms with Gasteiger partial charge < -0.3 is 15.5 Å². The highest BCUT2D eigenvalue weighted by molar-refractivity contribution is 6.28. The van der Waals surface area contributed by atoms with Gasteiger partial charge in [0.1, 0.15) is 11.6 Å². The van der Waals surface area contributed by atoms with E-state index in [4.69, 9.17) is 11.6 Å². The average Bonchev–Trinajstić information content (AvgIpc) is 2.91. The number of nitrogens with one attached hydrogen (secondary N) is 1. The molecule has 3 atom stereocenters. The number of hydrogen-bond acceptors (Lipinski definition) is 6. The summed E-state index contributed by atoms with van der Waals surface area (Å²) in [5.41, 5.74) is 0.771. The van der Waals surface area contributed by atoms with Gasteiger partial charge in [-0.05, 0) is 37.6 Å². The highest BCUT2D eigenvalue weighted by atomic mass is 35.5. The molecule has 0 bridgehead atoms. The third-order valence-corrected chi connectivity index (χ3v) is 4.24. The number of aromatic nitrogens is 3. The maximum Gasteiger partial charge on any atom is 0.243 e. The number of rotatable bonds is 3. The van der Waals surface area contributed by atoms with Crippen LogP contribution in [0.1, 0.15) is 13.8 Å². The molecule has 0 aromatic carbocycles. The second-order valence-electron chi connectivity index (χ2n) is 5.92. The fraction of sp³-hybridized carbons (Fsp3) is 0.571. The van der Waals surface area contributed by atoms with E-state index in [2.05, 4.69) is 34.1 Å². The Morgan fingerprint density at radius 3 is 2.86 bits per heavy atom. The van der Waals surface area contributed by atoms with Crippen LogP contribution in [0.15, 0.2) is 18.3 Å². The van der Waals surface area contributed by atoms with E-state index in [1.807, 2.05) is 12.1 Å². The molecule has 7 nitrogen and oxygen atoms in total. The Balaban J connectivity index is 1.87. The molecule has 2 aromatic rings. The molecule has 1 saturated heterocycles. The van der Waals surface area contributed by atoms with Gasteiger partial charge in [0.15, 0.2) is 5.82 Å². The molecular weight excluding hydrogens is 306 g/mol. The first-order chi connectivity index (χ1) is 10.5. The Hall–Kier alpha value is -1.41. The first-order valence-corrected chi connectivity index (χ1v) is 7.71. The van der Waals surface area contributed by atoms with Gasteiger partial charge in [0, 0.05) is 25.3 Å². The van der Waals surface area contributed by atoms with Gasteiger partial charge in [-0.3, -0.25) is 4.90 Å². The fourth-order valence-corrected chi connectivity index (χ4v) is 2.96. The van der Waals surface area contributed by atoms with Crippen LogP contribution in [-0.4, -0.2) is 67.1 Å². The Kier molecular flexibility index (Phi) is 4.22. The number of piperidine rings is 1. The van der Waals surface area contributed by atoms with Gasteiger partial charge in [0.25, 0.3) is 0 Å². The summed E-state index contributed by atoms with van der Waals surface area (Å²) in [5, 5.41) is 27.8. The minimum Gasteiger partial charge on any atom is -0.389 e. The summed E-state index contributed by atoms with van der Waals surface area (Å²) >= 11 is 5.94. The lowest BCUT2D eigenvalue weighted by atomic mass is 9.98. The number of nitrogens with zero attached hydrogens (tertiary/aromatic N) is 4. The van der Waals surface area contributed by atoms with Crippen LogP contribution >= 0.6 is 11.6 Å². The summed E-state index contributed by atoms with van der Waals surface area (Å²) < 4.78 is 1.63. The van der Waals surface area contributed by atoms with Gasteiger partial charge in [-0.25, -0.2) is 4.52 Å². The lowest BCUT2D eigenvalue weighted by Crippen LogP contribution is -2.59. The van der Waals surface area contributed by atoms with Crippen LogP contribution in [0.25, 0.3) is 5.52 Å². The van der Waals surface area contributed by atoms with Crippen LogP contribution in [0.4, 0.5) is 5.82 Å². The number of anilines is 1. The number of aliphatic hydroxyl groups excluding tert-OH is 2. The monoisotopic (exact) mass is 325 g/mol. The van der Waals surface area contributed by atoms with Crippen molar-refractivity contribution in [3.8, 4) is 0 Å². The summed E-state index contributed by atoms with van der Waals surface area (Å²) in [6, 6.07) is 3.66. The zero-order chi connectivity index (χ0) is 15.9. The Bertz CT molecular complexity index is 662. The zero-order valence-electron chi connectivity index (χ0n) is 12.5. The molecule has 22 heavy (non-hydrogen) atoms. The summed E-state index contributed by atoms with van der Waals surface area (Å²) in [4.78, 5) is 6.33. The lowest BCUT2D eigenvalue weighted by molar-refractivity contribution is -0.0529. The highest BCUT2D eigenvalue weighted by Crippen LogP contribution is 2.22. The van der Waals surface area contributed by atoms with E-state index in [-0.39, 0.29) is 17.4 Å². The van der Waals surface area contributed by atoms with Crippen molar-refractivity contribution in [3.05, 3.63) is 23.6 Å². The van der Waals surface area contributed by atoms with Crippen LogP contribution in [0.2, 0.25) is 5.28 Å². The van der Waals surface area contributed by atoms with E-state index in [9.17, 15) is 10.2 Å². The van der Waals surface area contributed by atoms with E-state index in [0.29, 0.717) is 18.9 Å². The molecule has 3 N–H and O–H groups in total. The molecule has 8 heteroatoms. The molecule has 3 rings (SSSR count). The van der Waals surface area contributed by atoms with E-state index in [1.165, 1.54) is 0 Å². The Labute approximate surface area is 133 Å². The van der Waals surface area contributed by atoms with Crippen molar-refractivity contribution >= 4 is 22.9 Å². The first-order valence-electron chi connectivity index (χ1n) is 7.33. The number of aliphatic hydroxyl groups is 2. The summed E-state index contributed by atoms with van der Waals surface area (Å²) in [5.74, 6) is 0.548. The molecular formula is C14H20ClN5O2. The molecule has 2 unspecified atom stereocenters. The third kappa shape index (κ3) is 2.89. The van der Waals surface area contributed by atoms with Crippen LogP contribution in [-0.2, 0) is 0 Å². The number of fused-ring (bicyclic) bond motifs is 1. The maximum absolute atomic E-state index is 10.3. The van der Waals surface area contributed by atoms with Crippen molar-refractivity contribution in [2.75, 3.05) is 18.4 Å². The second-order valence-corrected chi connectivity index (χ2v) is 6.26. The van der Waals surface area contributed by atoms with Crippen LogP contribution in [0, 0.1) is 0 Å². The molecule has 1 fully saturated rings. The summed E-state index contributed by atoms with van der Waals surface area (Å²) in [6.07, 6.45) is 0.119.